The fourth-order valence-electron chi connectivity index (χ4n) is 0.705. The van der Waals surface area contributed by atoms with Crippen LogP contribution in [0.4, 0.5) is 0 Å². The topological polar surface area (TPSA) is 52.0 Å². The second kappa shape index (κ2) is 3.24. The van der Waals surface area contributed by atoms with Crippen molar-refractivity contribution in [2.75, 3.05) is 0 Å². The van der Waals surface area contributed by atoms with E-state index in [1.807, 2.05) is 6.92 Å². The van der Waals surface area contributed by atoms with Crippen molar-refractivity contribution >= 4 is 31.3 Å². The number of nitrogens with zero attached hydrogens (tertiary/aromatic N) is 2. The number of hydrogen-bond acceptors (Lipinski definition) is 3. The Morgan fingerprint density at radius 1 is 1.67 bits per heavy atom. The third-order valence-electron chi connectivity index (χ3n) is 1.27. The first-order valence-corrected chi connectivity index (χ1v) is 5.81. The van der Waals surface area contributed by atoms with Gasteiger partial charge >= 0.3 is 0 Å². The molecule has 0 aliphatic carbocycles. The van der Waals surface area contributed by atoms with Crippen LogP contribution in [0.5, 0.6) is 0 Å². The summed E-state index contributed by atoms with van der Waals surface area (Å²) in [7, 11) is 1.30. The summed E-state index contributed by atoms with van der Waals surface area (Å²) in [6.45, 7) is 2.36. The van der Waals surface area contributed by atoms with Gasteiger partial charge in [-0.2, -0.15) is 5.10 Å². The highest BCUT2D eigenvalue weighted by atomic mass is 35.7. The number of aromatic nitrogens is 2. The zero-order valence-corrected chi connectivity index (χ0v) is 8.49. The van der Waals surface area contributed by atoms with Crippen molar-refractivity contribution in [3.8, 4) is 0 Å². The Morgan fingerprint density at radius 3 is 2.50 bits per heavy atom. The number of hydrogen-bond donors (Lipinski definition) is 0. The Hall–Kier alpha value is -0.260. The number of halogens is 2. The van der Waals surface area contributed by atoms with Crippen LogP contribution >= 0.6 is 22.3 Å². The van der Waals surface area contributed by atoms with Crippen molar-refractivity contribution in [2.24, 2.45) is 0 Å². The SMILES string of the molecule is CCn1cc(S(=O)(=O)Cl)c(Cl)n1. The van der Waals surface area contributed by atoms with E-state index in [0.717, 1.165) is 0 Å². The molecule has 0 unspecified atom stereocenters. The van der Waals surface area contributed by atoms with Crippen molar-refractivity contribution in [3.63, 3.8) is 0 Å². The van der Waals surface area contributed by atoms with Gasteiger partial charge in [0.1, 0.15) is 4.90 Å². The van der Waals surface area contributed by atoms with E-state index in [1.54, 1.807) is 0 Å². The van der Waals surface area contributed by atoms with E-state index in [0.29, 0.717) is 6.54 Å². The number of aryl methyl sites for hydroxylation is 1. The van der Waals surface area contributed by atoms with Crippen molar-refractivity contribution < 1.29 is 8.42 Å². The minimum absolute atomic E-state index is 0.0909. The maximum absolute atomic E-state index is 10.8. The molecule has 0 amide bonds. The zero-order chi connectivity index (χ0) is 9.35. The molecule has 0 N–H and O–H groups in total. The quantitative estimate of drug-likeness (QED) is 0.721. The van der Waals surface area contributed by atoms with Crippen molar-refractivity contribution in [1.29, 1.82) is 0 Å². The summed E-state index contributed by atoms with van der Waals surface area (Å²) in [6, 6.07) is 0. The summed E-state index contributed by atoms with van der Waals surface area (Å²) in [6.07, 6.45) is 1.30. The van der Waals surface area contributed by atoms with E-state index in [1.165, 1.54) is 10.9 Å². The molecular weight excluding hydrogens is 223 g/mol. The molecule has 0 aliphatic rings. The lowest BCUT2D eigenvalue weighted by atomic mass is 10.7. The lowest BCUT2D eigenvalue weighted by Crippen LogP contribution is -1.93. The largest absolute Gasteiger partial charge is 0.270 e. The first kappa shape index (κ1) is 9.83. The van der Waals surface area contributed by atoms with Gasteiger partial charge in [0.25, 0.3) is 9.05 Å². The summed E-state index contributed by atoms with van der Waals surface area (Å²) in [5.41, 5.74) is 0. The average molecular weight is 229 g/mol. The molecule has 0 bridgehead atoms. The Kier molecular flexibility index (Phi) is 2.65. The predicted octanol–water partition coefficient (Wildman–Crippen LogP) is 1.48. The molecule has 0 radical (unpaired) electrons. The second-order valence-electron chi connectivity index (χ2n) is 2.08. The highest BCUT2D eigenvalue weighted by molar-refractivity contribution is 8.13. The zero-order valence-electron chi connectivity index (χ0n) is 6.16. The standard InChI is InChI=1S/C5H6Cl2N2O2S/c1-2-9-3-4(5(6)8-9)12(7,10)11/h3H,2H2,1H3. The normalized spacial score (nSPS) is 11.9. The fraction of sp³-hybridized carbons (Fsp3) is 0.400. The summed E-state index contributed by atoms with van der Waals surface area (Å²) in [5.74, 6) is 0. The molecule has 1 aromatic heterocycles. The van der Waals surface area contributed by atoms with Gasteiger partial charge in [-0.05, 0) is 6.92 Å². The molecule has 1 aromatic rings. The summed E-state index contributed by atoms with van der Waals surface area (Å²) in [4.78, 5) is -0.146. The molecular formula is C5H6Cl2N2O2S. The molecule has 0 fully saturated rings. The smallest absolute Gasteiger partial charge is 0.265 e. The molecule has 7 heteroatoms. The van der Waals surface area contributed by atoms with Gasteiger partial charge in [0.15, 0.2) is 5.15 Å². The number of rotatable bonds is 2. The van der Waals surface area contributed by atoms with Crippen LogP contribution in [-0.4, -0.2) is 18.2 Å². The first-order chi connectivity index (χ1) is 5.45. The molecule has 12 heavy (non-hydrogen) atoms. The van der Waals surface area contributed by atoms with Crippen LogP contribution in [-0.2, 0) is 15.6 Å². The van der Waals surface area contributed by atoms with Gasteiger partial charge in [-0.15, -0.1) is 0 Å². The van der Waals surface area contributed by atoms with Crippen LogP contribution in [0.3, 0.4) is 0 Å². The van der Waals surface area contributed by atoms with Gasteiger partial charge in [0.2, 0.25) is 0 Å². The maximum atomic E-state index is 10.8. The van der Waals surface area contributed by atoms with Crippen molar-refractivity contribution in [3.05, 3.63) is 11.3 Å². The van der Waals surface area contributed by atoms with Crippen LogP contribution in [0.15, 0.2) is 11.1 Å². The van der Waals surface area contributed by atoms with Crippen LogP contribution in [0.2, 0.25) is 5.15 Å². The van der Waals surface area contributed by atoms with E-state index in [-0.39, 0.29) is 10.0 Å². The molecule has 4 nitrogen and oxygen atoms in total. The van der Waals surface area contributed by atoms with Crippen LogP contribution in [0, 0.1) is 0 Å². The summed E-state index contributed by atoms with van der Waals surface area (Å²) in [5, 5.41) is 3.62. The minimum Gasteiger partial charge on any atom is -0.270 e. The highest BCUT2D eigenvalue weighted by Crippen LogP contribution is 2.22. The Labute approximate surface area is 79.5 Å². The van der Waals surface area contributed by atoms with Gasteiger partial charge in [-0.3, -0.25) is 4.68 Å². The average Bonchev–Trinajstić information content (AvgIpc) is 2.29. The van der Waals surface area contributed by atoms with Gasteiger partial charge in [0.05, 0.1) is 0 Å². The Balaban J connectivity index is 3.27. The summed E-state index contributed by atoms with van der Waals surface area (Å²) >= 11 is 5.51. The van der Waals surface area contributed by atoms with Crippen LogP contribution < -0.4 is 0 Å². The lowest BCUT2D eigenvalue weighted by molar-refractivity contribution is 0.609. The lowest BCUT2D eigenvalue weighted by Gasteiger charge is -1.89. The highest BCUT2D eigenvalue weighted by Gasteiger charge is 2.18. The first-order valence-electron chi connectivity index (χ1n) is 3.12. The third-order valence-corrected chi connectivity index (χ3v) is 2.99. The van der Waals surface area contributed by atoms with Gasteiger partial charge < -0.3 is 0 Å². The van der Waals surface area contributed by atoms with Crippen LogP contribution in [0.1, 0.15) is 6.92 Å². The van der Waals surface area contributed by atoms with Gasteiger partial charge in [-0.25, -0.2) is 8.42 Å². The predicted molar refractivity (Wildman–Crippen MR) is 45.9 cm³/mol. The molecule has 68 valence electrons. The minimum atomic E-state index is -3.77. The molecule has 0 atom stereocenters. The Morgan fingerprint density at radius 2 is 2.25 bits per heavy atom. The molecule has 0 aromatic carbocycles. The van der Waals surface area contributed by atoms with E-state index in [9.17, 15) is 8.42 Å². The van der Waals surface area contributed by atoms with Crippen molar-refractivity contribution in [1.82, 2.24) is 9.78 Å². The monoisotopic (exact) mass is 228 g/mol. The van der Waals surface area contributed by atoms with Gasteiger partial charge in [-0.1, -0.05) is 11.6 Å². The Bertz CT molecular complexity index is 384. The molecule has 0 aliphatic heterocycles. The van der Waals surface area contributed by atoms with E-state index in [4.69, 9.17) is 22.3 Å². The van der Waals surface area contributed by atoms with Gasteiger partial charge in [0, 0.05) is 23.4 Å². The second-order valence-corrected chi connectivity index (χ2v) is 4.97. The molecule has 0 saturated carbocycles. The third kappa shape index (κ3) is 1.91. The fourth-order valence-corrected chi connectivity index (χ4v) is 2.10. The maximum Gasteiger partial charge on any atom is 0.265 e. The summed E-state index contributed by atoms with van der Waals surface area (Å²) < 4.78 is 23.0. The molecule has 0 spiro atoms. The van der Waals surface area contributed by atoms with E-state index in [2.05, 4.69) is 5.10 Å². The molecule has 1 heterocycles. The molecule has 0 saturated heterocycles. The van der Waals surface area contributed by atoms with E-state index >= 15 is 0 Å². The van der Waals surface area contributed by atoms with E-state index < -0.39 is 9.05 Å². The molecule has 1 rings (SSSR count). The van der Waals surface area contributed by atoms with Crippen molar-refractivity contribution in [2.45, 2.75) is 18.4 Å². The van der Waals surface area contributed by atoms with Crippen LogP contribution in [0.25, 0.3) is 0 Å².